The van der Waals surface area contributed by atoms with E-state index in [0.29, 0.717) is 0 Å². The van der Waals surface area contributed by atoms with Gasteiger partial charge >= 0.3 is 0 Å². The molecular weight excluding hydrogens is 364 g/mol. The number of ether oxygens (including phenoxy) is 1. The third-order valence-corrected chi connectivity index (χ3v) is 6.51. The van der Waals surface area contributed by atoms with Crippen LogP contribution in [-0.2, 0) is 4.74 Å². The van der Waals surface area contributed by atoms with E-state index >= 15 is 0 Å². The Bertz CT molecular complexity index is 797. The molecule has 0 heterocycles. The fraction of sp³-hybridized carbons (Fsp3) is 0.500. The molecule has 0 aliphatic carbocycles. The van der Waals surface area contributed by atoms with Crippen LogP contribution in [0.2, 0.25) is 0 Å². The van der Waals surface area contributed by atoms with Crippen molar-refractivity contribution in [1.82, 2.24) is 4.72 Å². The molecule has 0 aliphatic rings. The summed E-state index contributed by atoms with van der Waals surface area (Å²) in [6.07, 6.45) is 4.74. The Morgan fingerprint density at radius 3 is 2.25 bits per heavy atom. The second-order valence-corrected chi connectivity index (χ2v) is 9.41. The summed E-state index contributed by atoms with van der Waals surface area (Å²) in [5, 5.41) is 2.51. The van der Waals surface area contributed by atoms with Crippen molar-refractivity contribution in [2.45, 2.75) is 51.3 Å². The third-order valence-electron chi connectivity index (χ3n) is 4.56. The van der Waals surface area contributed by atoms with Gasteiger partial charge in [-0.25, -0.2) is 0 Å². The maximum atomic E-state index is 5.38. The van der Waals surface area contributed by atoms with Crippen molar-refractivity contribution in [2.75, 3.05) is 38.8 Å². The molecule has 0 atom stereocenters. The van der Waals surface area contributed by atoms with Crippen LogP contribution < -0.4 is 9.62 Å². The maximum Gasteiger partial charge on any atom is 0.0465 e. The van der Waals surface area contributed by atoms with E-state index in [1.165, 1.54) is 34.2 Å². The minimum absolute atomic E-state index is 0.816. The zero-order chi connectivity index (χ0) is 21.0. The van der Waals surface area contributed by atoms with Crippen LogP contribution in [0.4, 0.5) is 5.69 Å². The lowest BCUT2D eigenvalue weighted by Gasteiger charge is -2.21. The van der Waals surface area contributed by atoms with Gasteiger partial charge in [0.25, 0.3) is 0 Å². The number of unbranched alkanes of at least 4 members (excludes halogenated alkanes) is 3. The summed E-state index contributed by atoms with van der Waals surface area (Å²) in [6.45, 7) is 8.70. The first-order valence-electron chi connectivity index (χ1n) is 10.5. The fourth-order valence-electron chi connectivity index (χ4n) is 3.17. The second-order valence-electron chi connectivity index (χ2n) is 6.91. The third kappa shape index (κ3) is 7.16. The van der Waals surface area contributed by atoms with Gasteiger partial charge in [-0.05, 0) is 37.3 Å². The van der Waals surface area contributed by atoms with E-state index in [-0.39, 0.29) is 0 Å². The van der Waals surface area contributed by atoms with Crippen molar-refractivity contribution in [3.63, 3.8) is 0 Å². The van der Waals surface area contributed by atoms with Crippen molar-refractivity contribution in [3.05, 3.63) is 36.4 Å². The summed E-state index contributed by atoms with van der Waals surface area (Å²) in [4.78, 5) is 3.39. The van der Waals surface area contributed by atoms with Crippen molar-refractivity contribution < 1.29 is 4.74 Å². The predicted molar refractivity (Wildman–Crippen MR) is 133 cm³/mol. The minimum Gasteiger partial charge on any atom is -0.382 e. The Hall–Kier alpha value is -1.49. The molecule has 0 aromatic heterocycles. The summed E-state index contributed by atoms with van der Waals surface area (Å²) in [6, 6.07) is 12.9. The van der Waals surface area contributed by atoms with Crippen LogP contribution in [0.5, 0.6) is 0 Å². The first-order chi connectivity index (χ1) is 13.5. The van der Waals surface area contributed by atoms with E-state index in [1.54, 1.807) is 0 Å². The average Bonchev–Trinajstić information content (AvgIpc) is 2.70. The SMILES string of the molecule is C=S(=C)(NCCCCCCOCC)c1cccc2c(N(C)C)cccc12.CC. The Labute approximate surface area is 173 Å². The quantitative estimate of drug-likeness (QED) is 0.364. The summed E-state index contributed by atoms with van der Waals surface area (Å²) in [7, 11) is 2.64. The summed E-state index contributed by atoms with van der Waals surface area (Å²) < 4.78 is 9.02. The van der Waals surface area contributed by atoms with Crippen LogP contribution in [0.3, 0.4) is 0 Å². The van der Waals surface area contributed by atoms with Gasteiger partial charge in [0.2, 0.25) is 0 Å². The molecule has 0 aliphatic heterocycles. The van der Waals surface area contributed by atoms with Crippen molar-refractivity contribution in [1.29, 1.82) is 0 Å². The maximum absolute atomic E-state index is 5.38. The summed E-state index contributed by atoms with van der Waals surface area (Å²) in [5.74, 6) is 8.90. The van der Waals surface area contributed by atoms with Gasteiger partial charge in [0, 0.05) is 49.8 Å². The van der Waals surface area contributed by atoms with E-state index in [1.807, 2.05) is 20.8 Å². The second kappa shape index (κ2) is 12.9. The van der Waals surface area contributed by atoms with Crippen LogP contribution in [0.25, 0.3) is 10.8 Å². The largest absolute Gasteiger partial charge is 0.382 e. The summed E-state index contributed by atoms with van der Waals surface area (Å²) >= 11 is 0. The van der Waals surface area contributed by atoms with Gasteiger partial charge in [0.05, 0.1) is 0 Å². The molecule has 0 unspecified atom stereocenters. The number of hydrogen-bond donors (Lipinski definition) is 1. The van der Waals surface area contributed by atoms with Crippen LogP contribution in [0.1, 0.15) is 46.5 Å². The number of nitrogens with one attached hydrogen (secondary N) is 1. The molecule has 0 radical (unpaired) electrons. The molecule has 4 heteroatoms. The van der Waals surface area contributed by atoms with E-state index in [0.717, 1.165) is 32.6 Å². The van der Waals surface area contributed by atoms with Gasteiger partial charge in [-0.1, -0.05) is 62.7 Å². The monoisotopic (exact) mass is 404 g/mol. The van der Waals surface area contributed by atoms with Crippen LogP contribution in [-0.4, -0.2) is 45.6 Å². The highest BCUT2D eigenvalue weighted by Crippen LogP contribution is 2.37. The van der Waals surface area contributed by atoms with Gasteiger partial charge in [-0.3, -0.25) is 4.72 Å². The van der Waals surface area contributed by atoms with Gasteiger partial charge in [-0.15, -0.1) is 9.39 Å². The molecule has 0 saturated heterocycles. The Balaban J connectivity index is 0.00000190. The topological polar surface area (TPSA) is 24.5 Å². The highest BCUT2D eigenvalue weighted by molar-refractivity contribution is 8.26. The molecule has 2 aromatic rings. The van der Waals surface area contributed by atoms with Gasteiger partial charge in [-0.2, -0.15) is 0 Å². The average molecular weight is 405 g/mol. The van der Waals surface area contributed by atoms with E-state index < -0.39 is 9.39 Å². The van der Waals surface area contributed by atoms with Gasteiger partial charge in [0.1, 0.15) is 0 Å². The number of nitrogens with zero attached hydrogens (tertiary/aromatic N) is 1. The van der Waals surface area contributed by atoms with E-state index in [4.69, 9.17) is 4.74 Å². The molecular formula is C24H40N2OS. The Morgan fingerprint density at radius 2 is 1.57 bits per heavy atom. The normalized spacial score (nSPS) is 11.2. The molecule has 158 valence electrons. The molecule has 0 bridgehead atoms. The zero-order valence-electron chi connectivity index (χ0n) is 18.6. The predicted octanol–water partition coefficient (Wildman–Crippen LogP) is 6.06. The highest BCUT2D eigenvalue weighted by Gasteiger charge is 2.09. The molecule has 28 heavy (non-hydrogen) atoms. The molecule has 1 N–H and O–H groups in total. The van der Waals surface area contributed by atoms with Crippen molar-refractivity contribution >= 4 is 37.6 Å². The lowest BCUT2D eigenvalue weighted by molar-refractivity contribution is 0.143. The molecule has 2 aromatic carbocycles. The van der Waals surface area contributed by atoms with Gasteiger partial charge in [0.15, 0.2) is 0 Å². The van der Waals surface area contributed by atoms with Crippen LogP contribution >= 0.6 is 9.39 Å². The number of benzene rings is 2. The van der Waals surface area contributed by atoms with Crippen LogP contribution in [0.15, 0.2) is 41.3 Å². The fourth-order valence-corrected chi connectivity index (χ4v) is 4.80. The summed E-state index contributed by atoms with van der Waals surface area (Å²) in [5.41, 5.74) is 1.23. The first kappa shape index (κ1) is 24.5. The number of rotatable bonds is 11. The lowest BCUT2D eigenvalue weighted by Crippen LogP contribution is -2.12. The Morgan fingerprint density at radius 1 is 0.929 bits per heavy atom. The molecule has 2 rings (SSSR count). The first-order valence-corrected chi connectivity index (χ1v) is 12.5. The molecule has 0 spiro atoms. The standard InChI is InChI=1S/C22H34N2OS.C2H6/c1-6-25-18-10-8-7-9-17-23-26(4,5)22-16-12-13-19-20(22)14-11-15-21(19)24(2)3;1-2/h11-16,23H,4-10,17-18H2,1-3H3;1-2H3. The number of fused-ring (bicyclic) bond motifs is 1. The van der Waals surface area contributed by atoms with Crippen molar-refractivity contribution in [2.24, 2.45) is 0 Å². The Kier molecular flexibility index (Phi) is 11.3. The van der Waals surface area contributed by atoms with E-state index in [9.17, 15) is 0 Å². The van der Waals surface area contributed by atoms with Crippen LogP contribution in [0, 0.1) is 0 Å². The number of hydrogen-bond acceptors (Lipinski definition) is 3. The lowest BCUT2D eigenvalue weighted by atomic mass is 10.1. The van der Waals surface area contributed by atoms with Gasteiger partial charge < -0.3 is 9.64 Å². The molecule has 0 fully saturated rings. The smallest absolute Gasteiger partial charge is 0.0465 e. The molecule has 0 saturated carbocycles. The minimum atomic E-state index is -1.52. The van der Waals surface area contributed by atoms with E-state index in [2.05, 4.69) is 71.9 Å². The highest BCUT2D eigenvalue weighted by atomic mass is 32.2. The zero-order valence-corrected chi connectivity index (χ0v) is 19.4. The van der Waals surface area contributed by atoms with Crippen molar-refractivity contribution in [3.8, 4) is 0 Å². The molecule has 3 nitrogen and oxygen atoms in total. The number of anilines is 1. The molecule has 0 amide bonds.